The highest BCUT2D eigenvalue weighted by Gasteiger charge is 2.56. The first-order valence-electron chi connectivity index (χ1n) is 9.40. The highest BCUT2D eigenvalue weighted by molar-refractivity contribution is 7.15. The molecule has 4 amide bonds. The number of hydrogen-bond acceptors (Lipinski definition) is 5. The normalized spacial score (nSPS) is 21.6. The third-order valence-electron chi connectivity index (χ3n) is 5.55. The molecule has 29 heavy (non-hydrogen) atoms. The number of fused-ring (bicyclic) bond motifs is 1. The van der Waals surface area contributed by atoms with Gasteiger partial charge in [0.25, 0.3) is 5.91 Å². The number of nitrogens with zero attached hydrogens (tertiary/aromatic N) is 3. The van der Waals surface area contributed by atoms with Crippen molar-refractivity contribution in [3.8, 4) is 11.3 Å². The average molecular weight is 409 g/mol. The second-order valence-corrected chi connectivity index (χ2v) is 8.52. The van der Waals surface area contributed by atoms with E-state index in [0.717, 1.165) is 34.0 Å². The highest BCUT2D eigenvalue weighted by atomic mass is 32.1. The van der Waals surface area contributed by atoms with Crippen LogP contribution in [0.2, 0.25) is 0 Å². The zero-order valence-electron chi connectivity index (χ0n) is 15.7. The molecule has 1 aromatic carbocycles. The molecule has 2 aliphatic rings. The number of thiazole rings is 1. The van der Waals surface area contributed by atoms with Crippen LogP contribution >= 0.6 is 11.3 Å². The van der Waals surface area contributed by atoms with E-state index in [1.807, 2.05) is 34.3 Å². The van der Waals surface area contributed by atoms with E-state index >= 15 is 0 Å². The lowest BCUT2D eigenvalue weighted by Gasteiger charge is -2.20. The maximum absolute atomic E-state index is 12.6. The van der Waals surface area contributed by atoms with Gasteiger partial charge in [-0.1, -0.05) is 12.1 Å². The van der Waals surface area contributed by atoms with E-state index in [2.05, 4.69) is 15.6 Å². The van der Waals surface area contributed by atoms with Crippen LogP contribution in [0.5, 0.6) is 0 Å². The van der Waals surface area contributed by atoms with Crippen LogP contribution in [0, 0.1) is 5.92 Å². The van der Waals surface area contributed by atoms with E-state index in [4.69, 9.17) is 0 Å². The number of imide groups is 1. The quantitative estimate of drug-likeness (QED) is 0.634. The van der Waals surface area contributed by atoms with Gasteiger partial charge < -0.3 is 10.6 Å². The van der Waals surface area contributed by atoms with Gasteiger partial charge in [0.1, 0.15) is 12.1 Å². The van der Waals surface area contributed by atoms with Crippen LogP contribution in [0.1, 0.15) is 19.8 Å². The number of amides is 4. The Morgan fingerprint density at radius 3 is 2.76 bits per heavy atom. The first kappa shape index (κ1) is 17.9. The monoisotopic (exact) mass is 409 g/mol. The van der Waals surface area contributed by atoms with Gasteiger partial charge in [-0.2, -0.15) is 0 Å². The molecule has 1 aliphatic heterocycles. The van der Waals surface area contributed by atoms with E-state index in [1.165, 1.54) is 0 Å². The summed E-state index contributed by atoms with van der Waals surface area (Å²) in [7, 11) is 0. The van der Waals surface area contributed by atoms with Crippen LogP contribution in [0.15, 0.2) is 42.0 Å². The molecule has 1 saturated carbocycles. The lowest BCUT2D eigenvalue weighted by Crippen LogP contribution is -2.46. The number of benzene rings is 1. The molecule has 0 radical (unpaired) electrons. The molecule has 2 N–H and O–H groups in total. The Morgan fingerprint density at radius 2 is 2.07 bits per heavy atom. The van der Waals surface area contributed by atoms with E-state index in [1.54, 1.807) is 30.4 Å². The summed E-state index contributed by atoms with van der Waals surface area (Å²) in [4.78, 5) is 43.7. The Morgan fingerprint density at radius 1 is 1.31 bits per heavy atom. The standard InChI is InChI=1S/C20H19N5O3S/c1-20(13-4-5-13)17(27)25(18(28)23-20)11-16(26)21-14-6-2-12(3-7-14)15-10-24-8-9-29-19(24)22-15/h2-3,6-10,13H,4-5,11H2,1H3,(H,21,26)(H,23,28). The number of carbonyl (C=O) groups excluding carboxylic acids is 3. The van der Waals surface area contributed by atoms with E-state index < -0.39 is 17.5 Å². The Kier molecular flexibility index (Phi) is 3.95. The lowest BCUT2D eigenvalue weighted by atomic mass is 9.96. The summed E-state index contributed by atoms with van der Waals surface area (Å²) < 4.78 is 1.96. The smallest absolute Gasteiger partial charge is 0.325 e. The zero-order chi connectivity index (χ0) is 20.2. The number of aromatic nitrogens is 2. The number of hydrogen-bond donors (Lipinski definition) is 2. The third-order valence-corrected chi connectivity index (χ3v) is 6.33. The summed E-state index contributed by atoms with van der Waals surface area (Å²) in [6, 6.07) is 6.80. The highest BCUT2D eigenvalue weighted by Crippen LogP contribution is 2.42. The van der Waals surface area contributed by atoms with Gasteiger partial charge in [0.15, 0.2) is 4.96 Å². The third kappa shape index (κ3) is 3.07. The lowest BCUT2D eigenvalue weighted by molar-refractivity contribution is -0.134. The predicted octanol–water partition coefficient (Wildman–Crippen LogP) is 2.72. The number of anilines is 1. The van der Waals surface area contributed by atoms with Crippen molar-refractivity contribution in [3.05, 3.63) is 42.0 Å². The van der Waals surface area contributed by atoms with Crippen molar-refractivity contribution in [3.63, 3.8) is 0 Å². The summed E-state index contributed by atoms with van der Waals surface area (Å²) in [6.07, 6.45) is 5.75. The number of imidazole rings is 1. The van der Waals surface area contributed by atoms with E-state index in [9.17, 15) is 14.4 Å². The molecule has 2 fully saturated rings. The summed E-state index contributed by atoms with van der Waals surface area (Å²) in [6.45, 7) is 1.44. The second-order valence-electron chi connectivity index (χ2n) is 7.64. The van der Waals surface area contributed by atoms with Crippen LogP contribution < -0.4 is 10.6 Å². The fourth-order valence-corrected chi connectivity index (χ4v) is 4.43. The van der Waals surface area contributed by atoms with E-state index in [-0.39, 0.29) is 18.4 Å². The largest absolute Gasteiger partial charge is 0.325 e. The number of nitrogens with one attached hydrogen (secondary N) is 2. The Bertz CT molecular complexity index is 1100. The predicted molar refractivity (Wildman–Crippen MR) is 109 cm³/mol. The first-order chi connectivity index (χ1) is 13.9. The van der Waals surface area contributed by atoms with Crippen molar-refractivity contribution in [2.75, 3.05) is 11.9 Å². The molecule has 1 aliphatic carbocycles. The van der Waals surface area contributed by atoms with Crippen molar-refractivity contribution >= 4 is 39.8 Å². The van der Waals surface area contributed by atoms with Gasteiger partial charge >= 0.3 is 6.03 Å². The van der Waals surface area contributed by atoms with Crippen LogP contribution in [0.3, 0.4) is 0 Å². The van der Waals surface area contributed by atoms with Gasteiger partial charge in [-0.05, 0) is 37.8 Å². The molecule has 5 rings (SSSR count). The molecule has 3 heterocycles. The Labute approximate surface area is 170 Å². The van der Waals surface area contributed by atoms with Crippen molar-refractivity contribution < 1.29 is 14.4 Å². The maximum Gasteiger partial charge on any atom is 0.325 e. The van der Waals surface area contributed by atoms with Crippen molar-refractivity contribution in [1.29, 1.82) is 0 Å². The summed E-state index contributed by atoms with van der Waals surface area (Å²) >= 11 is 1.57. The second kappa shape index (κ2) is 6.41. The zero-order valence-corrected chi connectivity index (χ0v) is 16.5. The number of carbonyl (C=O) groups is 3. The molecule has 2 aromatic heterocycles. The van der Waals surface area contributed by atoms with Gasteiger partial charge in [-0.3, -0.25) is 18.9 Å². The van der Waals surface area contributed by atoms with Crippen molar-refractivity contribution in [2.45, 2.75) is 25.3 Å². The Balaban J connectivity index is 1.24. The molecular weight excluding hydrogens is 390 g/mol. The average Bonchev–Trinajstić information content (AvgIpc) is 3.28. The minimum atomic E-state index is -0.878. The molecule has 0 bridgehead atoms. The van der Waals surface area contributed by atoms with Crippen molar-refractivity contribution in [1.82, 2.24) is 19.6 Å². The molecule has 1 saturated heterocycles. The molecule has 8 nitrogen and oxygen atoms in total. The first-order valence-corrected chi connectivity index (χ1v) is 10.3. The minimum Gasteiger partial charge on any atom is -0.325 e. The van der Waals surface area contributed by atoms with Crippen LogP contribution in [-0.4, -0.2) is 44.2 Å². The fourth-order valence-electron chi connectivity index (χ4n) is 3.73. The summed E-state index contributed by atoms with van der Waals surface area (Å²) in [5, 5.41) is 7.47. The van der Waals surface area contributed by atoms with Crippen LogP contribution in [-0.2, 0) is 9.59 Å². The molecule has 148 valence electrons. The SMILES string of the molecule is CC1(C2CC2)NC(=O)N(CC(=O)Nc2ccc(-c3cn4ccsc4n3)cc2)C1=O. The fraction of sp³-hybridized carbons (Fsp3) is 0.300. The molecule has 1 atom stereocenters. The minimum absolute atomic E-state index is 0.165. The van der Waals surface area contributed by atoms with Gasteiger partial charge in [0, 0.05) is 29.0 Å². The number of urea groups is 1. The molecule has 0 spiro atoms. The van der Waals surface area contributed by atoms with E-state index in [0.29, 0.717) is 5.69 Å². The topological polar surface area (TPSA) is 95.8 Å². The van der Waals surface area contributed by atoms with Gasteiger partial charge in [-0.25, -0.2) is 9.78 Å². The van der Waals surface area contributed by atoms with Crippen LogP contribution in [0.25, 0.3) is 16.2 Å². The summed E-state index contributed by atoms with van der Waals surface area (Å²) in [5.74, 6) is -0.572. The molecule has 3 aromatic rings. The van der Waals surface area contributed by atoms with Gasteiger partial charge in [-0.15, -0.1) is 11.3 Å². The van der Waals surface area contributed by atoms with Gasteiger partial charge in [0.05, 0.1) is 5.69 Å². The van der Waals surface area contributed by atoms with Gasteiger partial charge in [0.2, 0.25) is 5.91 Å². The summed E-state index contributed by atoms with van der Waals surface area (Å²) in [5.41, 5.74) is 1.51. The molecule has 1 unspecified atom stereocenters. The Hall–Kier alpha value is -3.20. The maximum atomic E-state index is 12.6. The van der Waals surface area contributed by atoms with Crippen LogP contribution in [0.4, 0.5) is 10.5 Å². The van der Waals surface area contributed by atoms with Crippen molar-refractivity contribution in [2.24, 2.45) is 5.92 Å². The molecular formula is C20H19N5O3S. The number of rotatable bonds is 5. The molecule has 9 heteroatoms.